The summed E-state index contributed by atoms with van der Waals surface area (Å²) in [6, 6.07) is 15.7. The molecule has 5 nitrogen and oxygen atoms in total. The lowest BCUT2D eigenvalue weighted by Gasteiger charge is -2.24. The lowest BCUT2D eigenvalue weighted by Crippen LogP contribution is -2.31. The normalized spacial score (nSPS) is 14.9. The number of rotatable bonds is 6. The summed E-state index contributed by atoms with van der Waals surface area (Å²) in [6.07, 6.45) is 1.75. The van der Waals surface area contributed by atoms with Crippen LogP contribution in [0.2, 0.25) is 0 Å². The Labute approximate surface area is 180 Å². The maximum Gasteiger partial charge on any atom is 0.446 e. The molecule has 160 valence electrons. The molecule has 1 atom stereocenters. The van der Waals surface area contributed by atoms with Crippen LogP contribution in [0.25, 0.3) is 11.4 Å². The number of carbonyl (C=O) groups excluding carboxylic acids is 1. The fourth-order valence-corrected chi connectivity index (χ4v) is 4.13. The first-order valence-corrected chi connectivity index (χ1v) is 10.4. The first-order chi connectivity index (χ1) is 14.7. The molecular weight excluding hydrogens is 427 g/mol. The van der Waals surface area contributed by atoms with E-state index >= 15 is 0 Å². The van der Waals surface area contributed by atoms with Gasteiger partial charge in [-0.1, -0.05) is 42.5 Å². The maximum absolute atomic E-state index is 13.1. The summed E-state index contributed by atoms with van der Waals surface area (Å²) < 4.78 is 39.5. The van der Waals surface area contributed by atoms with E-state index in [1.165, 1.54) is 16.7 Å². The van der Waals surface area contributed by atoms with E-state index in [4.69, 9.17) is 5.73 Å². The molecule has 4 rings (SSSR count). The predicted octanol–water partition coefficient (Wildman–Crippen LogP) is 4.62. The number of amides is 1. The summed E-state index contributed by atoms with van der Waals surface area (Å²) in [5, 5.41) is 0. The molecule has 1 aliphatic rings. The van der Waals surface area contributed by atoms with Crippen LogP contribution in [-0.4, -0.2) is 21.0 Å². The smallest absolute Gasteiger partial charge is 0.364 e. The summed E-state index contributed by atoms with van der Waals surface area (Å²) >= 11 is -0.183. The zero-order valence-electron chi connectivity index (χ0n) is 16.2. The third-order valence-corrected chi connectivity index (χ3v) is 5.78. The molecule has 2 aromatic carbocycles. The van der Waals surface area contributed by atoms with Crippen molar-refractivity contribution < 1.29 is 18.0 Å². The molecular formula is C22H18F3N3O2S. The molecule has 1 fully saturated rings. The van der Waals surface area contributed by atoms with Crippen molar-refractivity contribution in [1.82, 2.24) is 9.55 Å². The van der Waals surface area contributed by atoms with Gasteiger partial charge in [-0.2, -0.15) is 13.2 Å². The number of primary amides is 1. The molecule has 1 saturated carbocycles. The highest BCUT2D eigenvalue weighted by atomic mass is 32.2. The van der Waals surface area contributed by atoms with Crippen molar-refractivity contribution in [3.8, 4) is 11.4 Å². The fraction of sp³-hybridized carbons (Fsp3) is 0.227. The molecule has 1 aliphatic carbocycles. The van der Waals surface area contributed by atoms with Gasteiger partial charge in [0.05, 0.1) is 6.04 Å². The van der Waals surface area contributed by atoms with Gasteiger partial charge in [-0.15, -0.1) is 0 Å². The minimum atomic E-state index is -4.37. The SMILES string of the molecule is NC(=O)c1cc(=O)n([C@@H](c2ccc(SC(F)(F)F)cc2)C2CC2)c(-c2ccccc2)n1. The van der Waals surface area contributed by atoms with Crippen LogP contribution in [0.15, 0.2) is 70.4 Å². The second kappa shape index (κ2) is 8.22. The molecule has 2 N–H and O–H groups in total. The van der Waals surface area contributed by atoms with Crippen LogP contribution in [0, 0.1) is 5.92 Å². The van der Waals surface area contributed by atoms with Gasteiger partial charge in [0.1, 0.15) is 11.5 Å². The number of aromatic nitrogens is 2. The van der Waals surface area contributed by atoms with Gasteiger partial charge >= 0.3 is 5.51 Å². The fourth-order valence-electron chi connectivity index (χ4n) is 3.59. The quantitative estimate of drug-likeness (QED) is 0.562. The summed E-state index contributed by atoms with van der Waals surface area (Å²) in [6.45, 7) is 0. The number of thioether (sulfide) groups is 1. The van der Waals surface area contributed by atoms with Crippen molar-refractivity contribution >= 4 is 17.7 Å². The van der Waals surface area contributed by atoms with Gasteiger partial charge in [-0.3, -0.25) is 14.2 Å². The van der Waals surface area contributed by atoms with Crippen molar-refractivity contribution in [3.63, 3.8) is 0 Å². The van der Waals surface area contributed by atoms with Crippen LogP contribution in [0.5, 0.6) is 0 Å². The lowest BCUT2D eigenvalue weighted by molar-refractivity contribution is -0.0328. The number of hydrogen-bond acceptors (Lipinski definition) is 4. The third kappa shape index (κ3) is 4.82. The van der Waals surface area contributed by atoms with E-state index in [2.05, 4.69) is 4.98 Å². The van der Waals surface area contributed by atoms with Crippen LogP contribution in [-0.2, 0) is 0 Å². The van der Waals surface area contributed by atoms with Crippen LogP contribution >= 0.6 is 11.8 Å². The molecule has 1 heterocycles. The van der Waals surface area contributed by atoms with Gasteiger partial charge in [-0.25, -0.2) is 4.98 Å². The highest BCUT2D eigenvalue weighted by Gasteiger charge is 2.36. The Morgan fingerprint density at radius 1 is 1.10 bits per heavy atom. The Morgan fingerprint density at radius 3 is 2.29 bits per heavy atom. The van der Waals surface area contributed by atoms with Crippen LogP contribution in [0.4, 0.5) is 13.2 Å². The number of hydrogen-bond donors (Lipinski definition) is 1. The largest absolute Gasteiger partial charge is 0.446 e. The molecule has 9 heteroatoms. The lowest BCUT2D eigenvalue weighted by atomic mass is 10.0. The van der Waals surface area contributed by atoms with Crippen molar-refractivity contribution in [2.45, 2.75) is 29.3 Å². The molecule has 1 aromatic heterocycles. The number of benzene rings is 2. The van der Waals surface area contributed by atoms with E-state index in [1.807, 2.05) is 6.07 Å². The maximum atomic E-state index is 13.1. The topological polar surface area (TPSA) is 78.0 Å². The molecule has 3 aromatic rings. The molecule has 0 radical (unpaired) electrons. The standard InChI is InChI=1S/C22H18F3N3O2S/c23-22(24,25)31-16-10-8-14(9-11-16)19(13-6-7-13)28-18(29)12-17(20(26)30)27-21(28)15-4-2-1-3-5-15/h1-5,8-13,19H,6-7H2,(H2,26,30)/t19-/m1/s1. The van der Waals surface area contributed by atoms with Crippen LogP contribution in [0.3, 0.4) is 0 Å². The summed E-state index contributed by atoms with van der Waals surface area (Å²) in [7, 11) is 0. The second-order valence-electron chi connectivity index (χ2n) is 7.30. The number of nitrogens with two attached hydrogens (primary N) is 1. The van der Waals surface area contributed by atoms with Crippen LogP contribution < -0.4 is 11.3 Å². The Morgan fingerprint density at radius 2 is 1.74 bits per heavy atom. The third-order valence-electron chi connectivity index (χ3n) is 5.04. The molecule has 0 saturated heterocycles. The predicted molar refractivity (Wildman–Crippen MR) is 112 cm³/mol. The van der Waals surface area contributed by atoms with Gasteiger partial charge in [0, 0.05) is 16.5 Å². The number of carbonyl (C=O) groups is 1. The summed E-state index contributed by atoms with van der Waals surface area (Å²) in [4.78, 5) is 29.2. The van der Waals surface area contributed by atoms with Crippen molar-refractivity contribution in [2.24, 2.45) is 11.7 Å². The van der Waals surface area contributed by atoms with Gasteiger partial charge in [0.15, 0.2) is 0 Å². The first-order valence-electron chi connectivity index (χ1n) is 9.57. The van der Waals surface area contributed by atoms with E-state index < -0.39 is 23.0 Å². The Hall–Kier alpha value is -3.07. The molecule has 0 spiro atoms. The van der Waals surface area contributed by atoms with Crippen molar-refractivity contribution in [3.05, 3.63) is 82.3 Å². The monoisotopic (exact) mass is 445 g/mol. The molecule has 1 amide bonds. The zero-order chi connectivity index (χ0) is 22.2. The van der Waals surface area contributed by atoms with Crippen LogP contribution in [0.1, 0.15) is 34.9 Å². The van der Waals surface area contributed by atoms with E-state index in [0.717, 1.165) is 18.9 Å². The van der Waals surface area contributed by atoms with Crippen molar-refractivity contribution in [2.75, 3.05) is 0 Å². The van der Waals surface area contributed by atoms with Gasteiger partial charge in [-0.05, 0) is 48.2 Å². The van der Waals surface area contributed by atoms with Gasteiger partial charge in [0.25, 0.3) is 11.5 Å². The minimum absolute atomic E-state index is 0.0728. The Balaban J connectivity index is 1.84. The van der Waals surface area contributed by atoms with E-state index in [9.17, 15) is 22.8 Å². The van der Waals surface area contributed by atoms with Gasteiger partial charge < -0.3 is 5.73 Å². The van der Waals surface area contributed by atoms with E-state index in [-0.39, 0.29) is 28.3 Å². The zero-order valence-corrected chi connectivity index (χ0v) is 17.0. The highest BCUT2D eigenvalue weighted by molar-refractivity contribution is 8.00. The summed E-state index contributed by atoms with van der Waals surface area (Å²) in [5.41, 5.74) is 1.77. The number of alkyl halides is 3. The molecule has 0 aliphatic heterocycles. The van der Waals surface area contributed by atoms with Crippen molar-refractivity contribution in [1.29, 1.82) is 0 Å². The van der Waals surface area contributed by atoms with E-state index in [1.54, 1.807) is 36.4 Å². The van der Waals surface area contributed by atoms with E-state index in [0.29, 0.717) is 17.0 Å². The number of halogens is 3. The van der Waals surface area contributed by atoms with Gasteiger partial charge in [0.2, 0.25) is 0 Å². The molecule has 0 bridgehead atoms. The first kappa shape index (κ1) is 21.2. The molecule has 0 unspecified atom stereocenters. The molecule has 31 heavy (non-hydrogen) atoms. The Bertz CT molecular complexity index is 1160. The Kier molecular flexibility index (Phi) is 5.62. The minimum Gasteiger partial charge on any atom is -0.364 e. The highest BCUT2D eigenvalue weighted by Crippen LogP contribution is 2.45. The number of nitrogens with zero attached hydrogens (tertiary/aromatic N) is 2. The summed E-state index contributed by atoms with van der Waals surface area (Å²) in [5.74, 6) is -0.368. The average molecular weight is 445 g/mol. The second-order valence-corrected chi connectivity index (χ2v) is 8.44. The average Bonchev–Trinajstić information content (AvgIpc) is 3.55.